The van der Waals surface area contributed by atoms with Crippen LogP contribution in [0.3, 0.4) is 0 Å². The van der Waals surface area contributed by atoms with E-state index >= 15 is 0 Å². The van der Waals surface area contributed by atoms with Gasteiger partial charge in [0.2, 0.25) is 0 Å². The molecular formula is C36H36Cl2FN3O6S. The largest absolute Gasteiger partial charge is 0.493 e. The zero-order chi connectivity index (χ0) is 34.5. The van der Waals surface area contributed by atoms with Crippen LogP contribution in [0.1, 0.15) is 56.2 Å². The predicted molar refractivity (Wildman–Crippen MR) is 185 cm³/mol. The van der Waals surface area contributed by atoms with Crippen molar-refractivity contribution in [3.05, 3.63) is 109 Å². The average Bonchev–Trinajstić information content (AvgIpc) is 3.59. The number of fused-ring (bicyclic) bond motifs is 3. The highest BCUT2D eigenvalue weighted by molar-refractivity contribution is 7.13. The number of hydrogen-bond acceptors (Lipinski definition) is 10. The number of benzene rings is 2. The Morgan fingerprint density at radius 2 is 1.76 bits per heavy atom. The molecule has 0 amide bonds. The highest BCUT2D eigenvalue weighted by atomic mass is 35.5. The lowest BCUT2D eigenvalue weighted by atomic mass is 9.86. The normalized spacial score (nSPS) is 19.6. The molecule has 1 unspecified atom stereocenters. The zero-order valence-corrected chi connectivity index (χ0v) is 29.3. The number of thiophene rings is 1. The van der Waals surface area contributed by atoms with Crippen molar-refractivity contribution in [3.8, 4) is 11.5 Å². The minimum Gasteiger partial charge on any atom is -0.493 e. The molecule has 3 fully saturated rings. The van der Waals surface area contributed by atoms with Crippen LogP contribution in [0.5, 0.6) is 11.5 Å². The van der Waals surface area contributed by atoms with Crippen molar-refractivity contribution in [2.45, 2.75) is 44.1 Å². The SMILES string of the molecule is COc1ccc([C@H](Cc2c(Cl)cncc2Cl)OC(=O)c2ccc(CNC(C(=O)O[C@H]3CN4CCC3CC4)c3cccc(F)c3)s2)cc1OC. The number of halogens is 3. The Labute approximate surface area is 298 Å². The number of carbonyl (C=O) groups excluding carboxylic acids is 2. The summed E-state index contributed by atoms with van der Waals surface area (Å²) in [4.78, 5) is 34.6. The van der Waals surface area contributed by atoms with Gasteiger partial charge in [-0.05, 0) is 84.9 Å². The molecule has 9 nitrogen and oxygen atoms in total. The minimum absolute atomic E-state index is 0.179. The molecule has 3 atom stereocenters. The van der Waals surface area contributed by atoms with Crippen LogP contribution in [0.4, 0.5) is 4.39 Å². The summed E-state index contributed by atoms with van der Waals surface area (Å²) in [6.45, 7) is 2.99. The first kappa shape index (κ1) is 35.1. The molecule has 258 valence electrons. The van der Waals surface area contributed by atoms with Crippen molar-refractivity contribution in [2.24, 2.45) is 5.92 Å². The number of aromatic nitrogens is 1. The van der Waals surface area contributed by atoms with Crippen LogP contribution < -0.4 is 14.8 Å². The summed E-state index contributed by atoms with van der Waals surface area (Å²) in [5.74, 6) is -0.124. The molecule has 13 heteroatoms. The molecule has 0 radical (unpaired) electrons. The fourth-order valence-electron chi connectivity index (χ4n) is 6.36. The Morgan fingerprint density at radius 1 is 1.00 bits per heavy atom. The van der Waals surface area contributed by atoms with E-state index in [1.165, 1.54) is 50.1 Å². The lowest BCUT2D eigenvalue weighted by Gasteiger charge is -2.44. The number of rotatable bonds is 13. The number of hydrogen-bond donors (Lipinski definition) is 1. The van der Waals surface area contributed by atoms with Gasteiger partial charge in [0, 0.05) is 36.8 Å². The quantitative estimate of drug-likeness (QED) is 0.143. The maximum Gasteiger partial charge on any atom is 0.348 e. The predicted octanol–water partition coefficient (Wildman–Crippen LogP) is 7.22. The Morgan fingerprint density at radius 3 is 2.43 bits per heavy atom. The van der Waals surface area contributed by atoms with Gasteiger partial charge in [-0.15, -0.1) is 11.3 Å². The van der Waals surface area contributed by atoms with Crippen LogP contribution in [0.25, 0.3) is 0 Å². The number of piperidine rings is 3. The summed E-state index contributed by atoms with van der Waals surface area (Å²) >= 11 is 14.1. The summed E-state index contributed by atoms with van der Waals surface area (Å²) in [6, 6.07) is 13.8. The average molecular weight is 729 g/mol. The van der Waals surface area contributed by atoms with Crippen LogP contribution in [0.15, 0.2) is 67.0 Å². The van der Waals surface area contributed by atoms with Crippen LogP contribution >= 0.6 is 34.5 Å². The number of pyridine rings is 1. The van der Waals surface area contributed by atoms with E-state index in [1.54, 1.807) is 42.5 Å². The van der Waals surface area contributed by atoms with Gasteiger partial charge in [0.15, 0.2) is 11.5 Å². The second-order valence-corrected chi connectivity index (χ2v) is 14.0. The molecule has 1 N–H and O–H groups in total. The van der Waals surface area contributed by atoms with Crippen molar-refractivity contribution >= 4 is 46.5 Å². The van der Waals surface area contributed by atoms with E-state index in [0.717, 1.165) is 30.8 Å². The monoisotopic (exact) mass is 727 g/mol. The van der Waals surface area contributed by atoms with Crippen molar-refractivity contribution in [2.75, 3.05) is 33.9 Å². The van der Waals surface area contributed by atoms with Gasteiger partial charge in [-0.1, -0.05) is 41.4 Å². The molecule has 3 aliphatic rings. The van der Waals surface area contributed by atoms with Crippen molar-refractivity contribution in [1.82, 2.24) is 15.2 Å². The van der Waals surface area contributed by atoms with Crippen molar-refractivity contribution in [1.29, 1.82) is 0 Å². The molecule has 49 heavy (non-hydrogen) atoms. The number of ether oxygens (including phenoxy) is 4. The summed E-state index contributed by atoms with van der Waals surface area (Å²) in [6.07, 6.45) is 4.17. The first-order valence-corrected chi connectivity index (χ1v) is 17.5. The third kappa shape index (κ3) is 8.36. The molecule has 2 bridgehead atoms. The van der Waals surface area contributed by atoms with Gasteiger partial charge in [0.1, 0.15) is 28.9 Å². The summed E-state index contributed by atoms with van der Waals surface area (Å²) < 4.78 is 37.2. The summed E-state index contributed by atoms with van der Waals surface area (Å²) in [5.41, 5.74) is 1.69. The van der Waals surface area contributed by atoms with Crippen molar-refractivity contribution in [3.63, 3.8) is 0 Å². The van der Waals surface area contributed by atoms with Gasteiger partial charge in [0.25, 0.3) is 0 Å². The van der Waals surface area contributed by atoms with Crippen LogP contribution in [0.2, 0.25) is 10.0 Å². The lowest BCUT2D eigenvalue weighted by Crippen LogP contribution is -2.52. The number of methoxy groups -OCH3 is 2. The van der Waals surface area contributed by atoms with E-state index in [4.69, 9.17) is 42.1 Å². The van der Waals surface area contributed by atoms with E-state index in [1.807, 2.05) is 0 Å². The smallest absolute Gasteiger partial charge is 0.348 e. The van der Waals surface area contributed by atoms with Crippen LogP contribution in [-0.4, -0.2) is 61.8 Å². The van der Waals surface area contributed by atoms with E-state index in [2.05, 4.69) is 15.2 Å². The first-order valence-electron chi connectivity index (χ1n) is 15.9. The fourth-order valence-corrected chi connectivity index (χ4v) is 7.72. The topological polar surface area (TPSA) is 99.2 Å². The molecular weight excluding hydrogens is 692 g/mol. The molecule has 2 aromatic carbocycles. The Balaban J connectivity index is 1.18. The van der Waals surface area contributed by atoms with Crippen molar-refractivity contribution < 1.29 is 32.9 Å². The Bertz CT molecular complexity index is 1780. The number of esters is 2. The van der Waals surface area contributed by atoms with E-state index < -0.39 is 29.9 Å². The number of carbonyl (C=O) groups is 2. The van der Waals surface area contributed by atoms with E-state index in [0.29, 0.717) is 55.6 Å². The Hall–Kier alpha value is -3.74. The highest BCUT2D eigenvalue weighted by Gasteiger charge is 2.38. The third-order valence-corrected chi connectivity index (χ3v) is 10.7. The molecule has 2 aromatic heterocycles. The highest BCUT2D eigenvalue weighted by Crippen LogP contribution is 2.36. The van der Waals surface area contributed by atoms with Crippen LogP contribution in [-0.2, 0) is 27.2 Å². The lowest BCUT2D eigenvalue weighted by molar-refractivity contribution is -0.161. The maximum absolute atomic E-state index is 14.2. The molecule has 5 heterocycles. The van der Waals surface area contributed by atoms with Gasteiger partial charge in [-0.25, -0.2) is 14.0 Å². The molecule has 3 saturated heterocycles. The molecule has 3 aliphatic heterocycles. The first-order chi connectivity index (χ1) is 23.7. The van der Waals surface area contributed by atoms with Gasteiger partial charge < -0.3 is 18.9 Å². The fraction of sp³-hybridized carbons (Fsp3) is 0.361. The summed E-state index contributed by atoms with van der Waals surface area (Å²) in [5, 5.41) is 3.93. The molecule has 7 rings (SSSR count). The Kier molecular flexibility index (Phi) is 11.4. The standard InChI is InChI=1S/C36H36Cl2FN3O6S/c1-45-29-8-6-22(15-31(29)46-2)30(16-26-27(37)18-40-19-28(26)38)47-35(43)33-9-7-25(49-33)17-41-34(23-4-3-5-24(39)14-23)36(44)48-32-20-42-12-10-21(32)11-13-42/h3-9,14-15,18-19,21,30,32,34,41H,10-13,16-17,20H2,1-2H3/t30-,32-,34?/m0/s1. The molecule has 0 aliphatic carbocycles. The van der Waals surface area contributed by atoms with Gasteiger partial charge in [-0.2, -0.15) is 0 Å². The molecule has 4 aromatic rings. The number of nitrogens with zero attached hydrogens (tertiary/aromatic N) is 2. The molecule has 0 saturated carbocycles. The zero-order valence-electron chi connectivity index (χ0n) is 27.0. The van der Waals surface area contributed by atoms with E-state index in [-0.39, 0.29) is 19.1 Å². The minimum atomic E-state index is -0.895. The van der Waals surface area contributed by atoms with Gasteiger partial charge in [0.05, 0.1) is 24.3 Å². The third-order valence-electron chi connectivity index (χ3n) is 9.00. The second kappa shape index (κ2) is 15.9. The molecule has 0 spiro atoms. The maximum atomic E-state index is 14.2. The second-order valence-electron chi connectivity index (χ2n) is 12.0. The van der Waals surface area contributed by atoms with Gasteiger partial charge in [-0.3, -0.25) is 15.2 Å². The summed E-state index contributed by atoms with van der Waals surface area (Å²) in [7, 11) is 3.06. The van der Waals surface area contributed by atoms with E-state index in [9.17, 15) is 14.0 Å². The van der Waals surface area contributed by atoms with Crippen LogP contribution in [0, 0.1) is 11.7 Å². The number of nitrogens with one attached hydrogen (secondary N) is 1. The van der Waals surface area contributed by atoms with Gasteiger partial charge >= 0.3 is 11.9 Å².